The monoisotopic (exact) mass is 390 g/mol. The smallest absolute Gasteiger partial charge is 0.299 e. The van der Waals surface area contributed by atoms with Gasteiger partial charge in [0.1, 0.15) is 12.2 Å². The third-order valence-electron chi connectivity index (χ3n) is 5.17. The molecule has 4 heteroatoms. The van der Waals surface area contributed by atoms with E-state index in [1.165, 1.54) is 70.6 Å². The van der Waals surface area contributed by atoms with E-state index in [2.05, 4.69) is 19.6 Å². The van der Waals surface area contributed by atoms with E-state index >= 15 is 0 Å². The molecule has 0 aromatic heterocycles. The minimum Gasteiger partial charge on any atom is -0.299 e. The predicted molar refractivity (Wildman–Crippen MR) is 109 cm³/mol. The van der Waals surface area contributed by atoms with Gasteiger partial charge in [-0.2, -0.15) is 13.2 Å². The zero-order valence-corrected chi connectivity index (χ0v) is 17.4. The number of carbonyl (C=O) groups is 1. The van der Waals surface area contributed by atoms with Gasteiger partial charge in [0, 0.05) is 6.42 Å². The van der Waals surface area contributed by atoms with Gasteiger partial charge in [-0.25, -0.2) is 0 Å². The Labute approximate surface area is 165 Å². The summed E-state index contributed by atoms with van der Waals surface area (Å²) in [4.78, 5) is 11.1. The van der Waals surface area contributed by atoms with Crippen LogP contribution < -0.4 is 0 Å². The Morgan fingerprint density at radius 1 is 0.815 bits per heavy atom. The lowest BCUT2D eigenvalue weighted by Crippen LogP contribution is -2.14. The molecule has 1 nitrogen and oxygen atoms in total. The van der Waals surface area contributed by atoms with Crippen molar-refractivity contribution in [1.82, 2.24) is 0 Å². The first kappa shape index (κ1) is 26.2. The molecule has 0 aromatic rings. The lowest BCUT2D eigenvalue weighted by Gasteiger charge is -2.10. The van der Waals surface area contributed by atoms with Crippen molar-refractivity contribution in [3.05, 3.63) is 12.7 Å². The van der Waals surface area contributed by atoms with Crippen molar-refractivity contribution in [3.8, 4) is 0 Å². The summed E-state index contributed by atoms with van der Waals surface area (Å²) in [5.74, 6) is 0.0330. The summed E-state index contributed by atoms with van der Waals surface area (Å²) in [7, 11) is 0. The molecule has 0 rings (SSSR count). The van der Waals surface area contributed by atoms with Crippen molar-refractivity contribution in [1.29, 1.82) is 0 Å². The number of allylic oxidation sites excluding steroid dienone is 1. The standard InChI is InChI=1S/C23H41F3O/c1-3-17-21(4-2)18-15-13-11-9-7-5-6-8-10-12-14-16-19-22(27)20-23(24,25)26/h4,21H,2-3,5-20H2,1H3/t21-/m0/s1. The highest BCUT2D eigenvalue weighted by Crippen LogP contribution is 2.21. The van der Waals surface area contributed by atoms with E-state index in [0.29, 0.717) is 12.3 Å². The Balaban J connectivity index is 3.25. The molecule has 0 saturated carbocycles. The van der Waals surface area contributed by atoms with E-state index in [4.69, 9.17) is 0 Å². The fourth-order valence-corrected chi connectivity index (χ4v) is 3.56. The number of unbranched alkanes of at least 4 members (excludes halogenated alkanes) is 11. The zero-order valence-electron chi connectivity index (χ0n) is 17.4. The van der Waals surface area contributed by atoms with Gasteiger partial charge in [0.2, 0.25) is 0 Å². The number of carbonyl (C=O) groups excluding carboxylic acids is 1. The number of rotatable bonds is 19. The lowest BCUT2D eigenvalue weighted by atomic mass is 9.96. The number of hydrogen-bond donors (Lipinski definition) is 0. The highest BCUT2D eigenvalue weighted by Gasteiger charge is 2.30. The van der Waals surface area contributed by atoms with E-state index in [-0.39, 0.29) is 6.42 Å². The molecule has 1 atom stereocenters. The molecule has 0 N–H and O–H groups in total. The molecule has 0 aromatic carbocycles. The van der Waals surface area contributed by atoms with Gasteiger partial charge in [-0.05, 0) is 25.2 Å². The minimum absolute atomic E-state index is 0.0749. The first-order chi connectivity index (χ1) is 12.9. The van der Waals surface area contributed by atoms with E-state index in [9.17, 15) is 18.0 Å². The minimum atomic E-state index is -4.35. The van der Waals surface area contributed by atoms with Crippen molar-refractivity contribution in [2.45, 2.75) is 122 Å². The number of ketones is 1. The van der Waals surface area contributed by atoms with E-state index in [0.717, 1.165) is 19.3 Å². The molecule has 0 amide bonds. The van der Waals surface area contributed by atoms with Crippen LogP contribution in [0.4, 0.5) is 13.2 Å². The van der Waals surface area contributed by atoms with Gasteiger partial charge >= 0.3 is 6.18 Å². The van der Waals surface area contributed by atoms with Crippen molar-refractivity contribution in [2.75, 3.05) is 0 Å². The Morgan fingerprint density at radius 3 is 1.67 bits per heavy atom. The zero-order chi connectivity index (χ0) is 20.4. The Morgan fingerprint density at radius 2 is 1.26 bits per heavy atom. The van der Waals surface area contributed by atoms with Crippen LogP contribution in [0, 0.1) is 5.92 Å². The summed E-state index contributed by atoms with van der Waals surface area (Å²) < 4.78 is 36.1. The molecule has 160 valence electrons. The van der Waals surface area contributed by atoms with Gasteiger partial charge in [-0.1, -0.05) is 90.0 Å². The van der Waals surface area contributed by atoms with Crippen LogP contribution in [-0.4, -0.2) is 12.0 Å². The van der Waals surface area contributed by atoms with Gasteiger partial charge in [0.05, 0.1) is 0 Å². The quantitative estimate of drug-likeness (QED) is 0.159. The van der Waals surface area contributed by atoms with Crippen LogP contribution in [0.1, 0.15) is 116 Å². The summed E-state index contributed by atoms with van der Waals surface area (Å²) in [6, 6.07) is 0. The summed E-state index contributed by atoms with van der Waals surface area (Å²) in [5, 5.41) is 0. The summed E-state index contributed by atoms with van der Waals surface area (Å²) in [6.07, 6.45) is 14.4. The maximum atomic E-state index is 12.0. The second kappa shape index (κ2) is 17.3. The molecule has 0 spiro atoms. The maximum absolute atomic E-state index is 12.0. The lowest BCUT2D eigenvalue weighted by molar-refractivity contribution is -0.152. The third kappa shape index (κ3) is 19.8. The topological polar surface area (TPSA) is 17.1 Å². The Hall–Kier alpha value is -0.800. The molecule has 0 heterocycles. The Bertz CT molecular complexity index is 363. The van der Waals surface area contributed by atoms with Crippen LogP contribution in [0.3, 0.4) is 0 Å². The summed E-state index contributed by atoms with van der Waals surface area (Å²) >= 11 is 0. The number of alkyl halides is 3. The van der Waals surface area contributed by atoms with E-state index in [1.807, 2.05) is 0 Å². The second-order valence-corrected chi connectivity index (χ2v) is 7.90. The van der Waals surface area contributed by atoms with Gasteiger partial charge in [0.25, 0.3) is 0 Å². The molecular formula is C23H41F3O. The van der Waals surface area contributed by atoms with Crippen LogP contribution in [0.2, 0.25) is 0 Å². The SMILES string of the molecule is C=C[C@@H](CCC)CCCCCCCCCCCCCCC(=O)CC(F)(F)F. The molecule has 0 aliphatic heterocycles. The fraction of sp³-hybridized carbons (Fsp3) is 0.870. The third-order valence-corrected chi connectivity index (χ3v) is 5.17. The van der Waals surface area contributed by atoms with Crippen LogP contribution in [0.15, 0.2) is 12.7 Å². The molecule has 27 heavy (non-hydrogen) atoms. The predicted octanol–water partition coefficient (Wildman–Crippen LogP) is 8.57. The number of Topliss-reactive ketones (excluding diaryl/α,β-unsaturated/α-hetero) is 1. The normalized spacial score (nSPS) is 12.9. The van der Waals surface area contributed by atoms with E-state index < -0.39 is 18.4 Å². The first-order valence-corrected chi connectivity index (χ1v) is 11.1. The van der Waals surface area contributed by atoms with Crippen molar-refractivity contribution in [3.63, 3.8) is 0 Å². The largest absolute Gasteiger partial charge is 0.395 e. The number of halogens is 3. The molecule has 0 bridgehead atoms. The van der Waals surface area contributed by atoms with Gasteiger partial charge in [0.15, 0.2) is 0 Å². The van der Waals surface area contributed by atoms with Crippen LogP contribution in [0.5, 0.6) is 0 Å². The summed E-state index contributed by atoms with van der Waals surface area (Å²) in [6.45, 7) is 6.16. The second-order valence-electron chi connectivity index (χ2n) is 7.90. The van der Waals surface area contributed by atoms with Gasteiger partial charge < -0.3 is 0 Å². The molecule has 0 aliphatic carbocycles. The van der Waals surface area contributed by atoms with Crippen LogP contribution >= 0.6 is 0 Å². The van der Waals surface area contributed by atoms with E-state index in [1.54, 1.807) is 0 Å². The molecule has 0 fully saturated rings. The Kier molecular flexibility index (Phi) is 16.8. The molecule has 0 radical (unpaired) electrons. The highest BCUT2D eigenvalue weighted by molar-refractivity contribution is 5.78. The highest BCUT2D eigenvalue weighted by atomic mass is 19.4. The molecule has 0 unspecified atom stereocenters. The van der Waals surface area contributed by atoms with Crippen molar-refractivity contribution >= 4 is 5.78 Å². The maximum Gasteiger partial charge on any atom is 0.395 e. The van der Waals surface area contributed by atoms with Gasteiger partial charge in [-0.3, -0.25) is 4.79 Å². The first-order valence-electron chi connectivity index (χ1n) is 11.1. The van der Waals surface area contributed by atoms with Gasteiger partial charge in [-0.15, -0.1) is 6.58 Å². The van der Waals surface area contributed by atoms with Crippen LogP contribution in [0.25, 0.3) is 0 Å². The molecule has 0 aliphatic rings. The molecular weight excluding hydrogens is 349 g/mol. The summed E-state index contributed by atoms with van der Waals surface area (Å²) in [5.41, 5.74) is 0. The van der Waals surface area contributed by atoms with Crippen molar-refractivity contribution in [2.24, 2.45) is 5.92 Å². The van der Waals surface area contributed by atoms with Crippen molar-refractivity contribution < 1.29 is 18.0 Å². The van der Waals surface area contributed by atoms with Crippen LogP contribution in [-0.2, 0) is 4.79 Å². The fourth-order valence-electron chi connectivity index (χ4n) is 3.56. The number of hydrogen-bond acceptors (Lipinski definition) is 1. The molecule has 0 saturated heterocycles. The average molecular weight is 391 g/mol. The average Bonchev–Trinajstić information content (AvgIpc) is 2.59.